The number of aryl methyl sites for hydroxylation is 1. The summed E-state index contributed by atoms with van der Waals surface area (Å²) in [6.07, 6.45) is 1.10. The van der Waals surface area contributed by atoms with Crippen LogP contribution in [0, 0.1) is 17.0 Å². The molecule has 2 amide bonds. The first-order valence-corrected chi connectivity index (χ1v) is 12.4. The van der Waals surface area contributed by atoms with Gasteiger partial charge in [0, 0.05) is 31.6 Å². The van der Waals surface area contributed by atoms with E-state index in [1.807, 2.05) is 68.4 Å². The third-order valence-corrected chi connectivity index (χ3v) is 6.13. The molecule has 0 heterocycles. The molecule has 0 saturated carbocycles. The molecule has 0 aromatic heterocycles. The molecule has 0 spiro atoms. The minimum atomic E-state index is -0.772. The normalized spacial score (nSPS) is 11.3. The number of rotatable bonds is 13. The molecule has 3 aromatic carbocycles. The van der Waals surface area contributed by atoms with Crippen molar-refractivity contribution >= 4 is 17.5 Å². The Balaban J connectivity index is 1.91. The van der Waals surface area contributed by atoms with E-state index in [1.54, 1.807) is 4.90 Å². The summed E-state index contributed by atoms with van der Waals surface area (Å²) < 4.78 is 10.8. The van der Waals surface area contributed by atoms with Gasteiger partial charge >= 0.3 is 5.69 Å². The molecule has 9 heteroatoms. The first-order valence-electron chi connectivity index (χ1n) is 12.4. The van der Waals surface area contributed by atoms with Crippen molar-refractivity contribution in [2.24, 2.45) is 0 Å². The molecule has 0 bridgehead atoms. The number of methoxy groups -OCH3 is 1. The summed E-state index contributed by atoms with van der Waals surface area (Å²) in [5, 5.41) is 14.1. The summed E-state index contributed by atoms with van der Waals surface area (Å²) in [5.74, 6) is -0.364. The number of benzene rings is 3. The lowest BCUT2D eigenvalue weighted by Crippen LogP contribution is -2.51. The minimum absolute atomic E-state index is 0.0256. The van der Waals surface area contributed by atoms with Gasteiger partial charge in [-0.15, -0.1) is 0 Å². The number of carbonyl (C=O) groups is 2. The zero-order chi connectivity index (χ0) is 27.5. The number of hydrogen-bond acceptors (Lipinski definition) is 6. The van der Waals surface area contributed by atoms with Crippen molar-refractivity contribution in [3.05, 3.63) is 99.6 Å². The Morgan fingerprint density at radius 2 is 1.76 bits per heavy atom. The van der Waals surface area contributed by atoms with E-state index in [0.717, 1.165) is 23.1 Å². The van der Waals surface area contributed by atoms with Gasteiger partial charge in [-0.05, 0) is 36.1 Å². The van der Waals surface area contributed by atoms with Crippen molar-refractivity contribution in [3.8, 4) is 11.5 Å². The van der Waals surface area contributed by atoms with E-state index >= 15 is 0 Å². The van der Waals surface area contributed by atoms with Crippen LogP contribution in [0.15, 0.2) is 72.8 Å². The second kappa shape index (κ2) is 13.8. The van der Waals surface area contributed by atoms with Gasteiger partial charge in [0.25, 0.3) is 5.91 Å². The van der Waals surface area contributed by atoms with E-state index in [4.69, 9.17) is 9.47 Å². The highest BCUT2D eigenvalue weighted by Crippen LogP contribution is 2.31. The Morgan fingerprint density at radius 3 is 2.42 bits per heavy atom. The minimum Gasteiger partial charge on any atom is -0.490 e. The van der Waals surface area contributed by atoms with E-state index in [9.17, 15) is 19.7 Å². The lowest BCUT2D eigenvalue weighted by atomic mass is 10.0. The van der Waals surface area contributed by atoms with Crippen molar-refractivity contribution in [1.29, 1.82) is 0 Å². The summed E-state index contributed by atoms with van der Waals surface area (Å²) in [6.45, 7) is 4.28. The van der Waals surface area contributed by atoms with Crippen LogP contribution in [0.25, 0.3) is 0 Å². The van der Waals surface area contributed by atoms with Crippen LogP contribution in [0.2, 0.25) is 0 Å². The summed E-state index contributed by atoms with van der Waals surface area (Å²) in [5.41, 5.74) is 2.63. The van der Waals surface area contributed by atoms with E-state index in [1.165, 1.54) is 25.3 Å². The van der Waals surface area contributed by atoms with Gasteiger partial charge in [0.2, 0.25) is 11.7 Å². The SMILES string of the molecule is CCCNC(=O)[C@H](Cc1ccccc1)N(Cc1ccccc1C)C(=O)COc1ccc([N+](=O)[O-])c(OC)c1. The van der Waals surface area contributed by atoms with Gasteiger partial charge in [-0.3, -0.25) is 19.7 Å². The van der Waals surface area contributed by atoms with Gasteiger partial charge in [-0.2, -0.15) is 0 Å². The summed E-state index contributed by atoms with van der Waals surface area (Å²) in [6, 6.07) is 20.5. The van der Waals surface area contributed by atoms with Gasteiger partial charge in [-0.25, -0.2) is 0 Å². The first-order chi connectivity index (χ1) is 18.3. The zero-order valence-corrected chi connectivity index (χ0v) is 21.9. The van der Waals surface area contributed by atoms with Gasteiger partial charge in [0.15, 0.2) is 6.61 Å². The zero-order valence-electron chi connectivity index (χ0n) is 21.9. The lowest BCUT2D eigenvalue weighted by molar-refractivity contribution is -0.385. The topological polar surface area (TPSA) is 111 Å². The number of nitro benzene ring substituents is 1. The van der Waals surface area contributed by atoms with Crippen molar-refractivity contribution in [2.45, 2.75) is 39.3 Å². The number of nitrogens with zero attached hydrogens (tertiary/aromatic N) is 2. The Morgan fingerprint density at radius 1 is 1.05 bits per heavy atom. The molecule has 38 heavy (non-hydrogen) atoms. The van der Waals surface area contributed by atoms with Gasteiger partial charge in [-0.1, -0.05) is 61.5 Å². The van der Waals surface area contributed by atoms with Crippen molar-refractivity contribution in [3.63, 3.8) is 0 Å². The average Bonchev–Trinajstić information content (AvgIpc) is 2.93. The molecule has 0 fully saturated rings. The molecule has 0 radical (unpaired) electrons. The van der Waals surface area contributed by atoms with Crippen LogP contribution in [0.1, 0.15) is 30.0 Å². The van der Waals surface area contributed by atoms with Crippen LogP contribution in [-0.2, 0) is 22.6 Å². The molecule has 0 aliphatic carbocycles. The second-order valence-electron chi connectivity index (χ2n) is 8.82. The first kappa shape index (κ1) is 28.2. The Kier molecular flexibility index (Phi) is 10.2. The average molecular weight is 520 g/mol. The Bertz CT molecular complexity index is 1250. The van der Waals surface area contributed by atoms with Crippen LogP contribution < -0.4 is 14.8 Å². The van der Waals surface area contributed by atoms with E-state index in [-0.39, 0.29) is 36.2 Å². The summed E-state index contributed by atoms with van der Waals surface area (Å²) in [4.78, 5) is 39.2. The molecule has 3 rings (SSSR count). The van der Waals surface area contributed by atoms with Crippen LogP contribution >= 0.6 is 0 Å². The maximum atomic E-state index is 13.7. The van der Waals surface area contributed by atoms with E-state index in [0.29, 0.717) is 13.0 Å². The summed E-state index contributed by atoms with van der Waals surface area (Å²) in [7, 11) is 1.32. The monoisotopic (exact) mass is 519 g/mol. The van der Waals surface area contributed by atoms with E-state index in [2.05, 4.69) is 5.32 Å². The van der Waals surface area contributed by atoms with Gasteiger partial charge in [0.05, 0.1) is 12.0 Å². The van der Waals surface area contributed by atoms with E-state index < -0.39 is 16.9 Å². The quantitative estimate of drug-likeness (QED) is 0.264. The maximum Gasteiger partial charge on any atom is 0.311 e. The highest BCUT2D eigenvalue weighted by atomic mass is 16.6. The number of carbonyl (C=O) groups excluding carboxylic acids is 2. The molecular formula is C29H33N3O6. The van der Waals surface area contributed by atoms with Gasteiger partial charge in [0.1, 0.15) is 11.8 Å². The fourth-order valence-corrected chi connectivity index (χ4v) is 4.02. The Labute approximate surface area is 222 Å². The molecule has 9 nitrogen and oxygen atoms in total. The highest BCUT2D eigenvalue weighted by molar-refractivity contribution is 5.88. The molecule has 3 aromatic rings. The molecule has 1 N–H and O–H groups in total. The molecule has 1 atom stereocenters. The van der Waals surface area contributed by atoms with Crippen molar-refractivity contribution < 1.29 is 24.0 Å². The Hall–Kier alpha value is -4.40. The van der Waals surface area contributed by atoms with Crippen LogP contribution in [-0.4, -0.2) is 47.9 Å². The highest BCUT2D eigenvalue weighted by Gasteiger charge is 2.31. The third-order valence-electron chi connectivity index (χ3n) is 6.13. The van der Waals surface area contributed by atoms with Crippen LogP contribution in [0.3, 0.4) is 0 Å². The fourth-order valence-electron chi connectivity index (χ4n) is 4.02. The lowest BCUT2D eigenvalue weighted by Gasteiger charge is -2.32. The standard InChI is InChI=1S/C29H33N3O6/c1-4-16-30-29(34)26(17-22-11-6-5-7-12-22)31(19-23-13-9-8-10-21(23)2)28(33)20-38-24-14-15-25(32(35)36)27(18-24)37-3/h5-15,18,26H,4,16-17,19-20H2,1-3H3,(H,30,34)/t26-/m0/s1. The molecular weight excluding hydrogens is 486 g/mol. The number of nitrogens with one attached hydrogen (secondary N) is 1. The number of ether oxygens (including phenoxy) is 2. The number of hydrogen-bond donors (Lipinski definition) is 1. The summed E-state index contributed by atoms with van der Waals surface area (Å²) >= 11 is 0. The molecule has 0 aliphatic rings. The molecule has 200 valence electrons. The largest absolute Gasteiger partial charge is 0.490 e. The molecule has 0 unspecified atom stereocenters. The van der Waals surface area contributed by atoms with Gasteiger partial charge < -0.3 is 19.7 Å². The predicted molar refractivity (Wildman–Crippen MR) is 144 cm³/mol. The van der Waals surface area contributed by atoms with Crippen molar-refractivity contribution in [1.82, 2.24) is 10.2 Å². The molecule has 0 saturated heterocycles. The number of nitro groups is 1. The van der Waals surface area contributed by atoms with Crippen LogP contribution in [0.4, 0.5) is 5.69 Å². The van der Waals surface area contributed by atoms with Crippen molar-refractivity contribution in [2.75, 3.05) is 20.3 Å². The predicted octanol–water partition coefficient (Wildman–Crippen LogP) is 4.46. The smallest absolute Gasteiger partial charge is 0.311 e. The fraction of sp³-hybridized carbons (Fsp3) is 0.310. The van der Waals surface area contributed by atoms with Crippen LogP contribution in [0.5, 0.6) is 11.5 Å². The maximum absolute atomic E-state index is 13.7. The third kappa shape index (κ3) is 7.55. The molecule has 0 aliphatic heterocycles. The second-order valence-corrected chi connectivity index (χ2v) is 8.82. The number of amides is 2.